The molecule has 0 amide bonds. The minimum atomic E-state index is -0.244. The first kappa shape index (κ1) is 15.7. The molecule has 1 aromatic heterocycles. The molecule has 1 unspecified atom stereocenters. The van der Waals surface area contributed by atoms with Gasteiger partial charge in [-0.15, -0.1) is 0 Å². The summed E-state index contributed by atoms with van der Waals surface area (Å²) in [5, 5.41) is 13.7. The van der Waals surface area contributed by atoms with E-state index in [0.717, 1.165) is 51.4 Å². The number of likely N-dealkylation sites (tertiary alicyclic amines) is 1. The van der Waals surface area contributed by atoms with E-state index in [9.17, 15) is 5.11 Å². The summed E-state index contributed by atoms with van der Waals surface area (Å²) < 4.78 is 0. The number of rotatable bonds is 6. The Morgan fingerprint density at radius 1 is 1.18 bits per heavy atom. The highest BCUT2D eigenvalue weighted by Gasteiger charge is 2.21. The number of β-amino-alcohol motifs (C(OH)–C–C–N with tert-alkyl or cyclic N) is 1. The zero-order valence-electron chi connectivity index (χ0n) is 13.3. The summed E-state index contributed by atoms with van der Waals surface area (Å²) in [5.74, 6) is 1.08. The topological polar surface area (TPSA) is 51.6 Å². The number of aromatic nitrogens is 1. The van der Waals surface area contributed by atoms with Gasteiger partial charge in [-0.2, -0.15) is 0 Å². The average molecular weight is 304 g/mol. The average Bonchev–Trinajstić information content (AvgIpc) is 3.07. The van der Waals surface area contributed by atoms with Crippen LogP contribution in [0.3, 0.4) is 0 Å². The van der Waals surface area contributed by atoms with E-state index in [2.05, 4.69) is 26.2 Å². The molecule has 2 aliphatic heterocycles. The van der Waals surface area contributed by atoms with E-state index >= 15 is 0 Å². The number of pyridine rings is 1. The van der Waals surface area contributed by atoms with E-state index in [0.29, 0.717) is 12.6 Å². The molecule has 22 heavy (non-hydrogen) atoms. The maximum Gasteiger partial charge on any atom is 0.128 e. The molecular formula is C17H28N4O. The molecule has 2 saturated heterocycles. The number of aliphatic hydroxyl groups is 1. The van der Waals surface area contributed by atoms with E-state index < -0.39 is 0 Å². The van der Waals surface area contributed by atoms with Crippen LogP contribution in [0, 0.1) is 0 Å². The van der Waals surface area contributed by atoms with Crippen molar-refractivity contribution >= 4 is 5.82 Å². The van der Waals surface area contributed by atoms with Crippen LogP contribution in [-0.2, 0) is 0 Å². The van der Waals surface area contributed by atoms with Gasteiger partial charge in [0.05, 0.1) is 6.10 Å². The van der Waals surface area contributed by atoms with Gasteiger partial charge in [-0.1, -0.05) is 6.07 Å². The molecule has 0 saturated carbocycles. The van der Waals surface area contributed by atoms with Crippen LogP contribution in [-0.4, -0.2) is 66.4 Å². The first-order valence-corrected chi connectivity index (χ1v) is 8.61. The van der Waals surface area contributed by atoms with Crippen molar-refractivity contribution in [2.75, 3.05) is 44.2 Å². The summed E-state index contributed by atoms with van der Waals surface area (Å²) in [6.07, 6.45) is 6.42. The molecule has 0 bridgehead atoms. The minimum absolute atomic E-state index is 0.244. The van der Waals surface area contributed by atoms with Crippen molar-refractivity contribution in [3.05, 3.63) is 24.4 Å². The molecule has 2 N–H and O–H groups in total. The van der Waals surface area contributed by atoms with Crippen molar-refractivity contribution < 1.29 is 5.11 Å². The predicted octanol–water partition coefficient (Wildman–Crippen LogP) is 1.10. The Hall–Kier alpha value is -1.17. The Balaban J connectivity index is 1.35. The second-order valence-electron chi connectivity index (χ2n) is 6.52. The van der Waals surface area contributed by atoms with Crippen LogP contribution in [0.2, 0.25) is 0 Å². The third kappa shape index (κ3) is 4.41. The predicted molar refractivity (Wildman–Crippen MR) is 89.2 cm³/mol. The van der Waals surface area contributed by atoms with Gasteiger partial charge in [0.2, 0.25) is 0 Å². The number of nitrogens with one attached hydrogen (secondary N) is 1. The molecule has 3 heterocycles. The fourth-order valence-corrected chi connectivity index (χ4v) is 3.48. The normalized spacial score (nSPS) is 22.1. The molecule has 0 radical (unpaired) electrons. The van der Waals surface area contributed by atoms with Crippen molar-refractivity contribution in [2.45, 2.75) is 37.8 Å². The maximum atomic E-state index is 10.1. The van der Waals surface area contributed by atoms with Crippen LogP contribution in [0.1, 0.15) is 25.7 Å². The third-order valence-electron chi connectivity index (χ3n) is 4.78. The summed E-state index contributed by atoms with van der Waals surface area (Å²) >= 11 is 0. The quantitative estimate of drug-likeness (QED) is 0.824. The lowest BCUT2D eigenvalue weighted by Gasteiger charge is -2.33. The van der Waals surface area contributed by atoms with Gasteiger partial charge in [0.25, 0.3) is 0 Å². The lowest BCUT2D eigenvalue weighted by Crippen LogP contribution is -2.46. The molecule has 122 valence electrons. The van der Waals surface area contributed by atoms with Crippen molar-refractivity contribution in [2.24, 2.45) is 0 Å². The molecule has 2 fully saturated rings. The SMILES string of the molecule is OC(CNC1CCN(c2ccccn2)CC1)CN1CCCC1. The lowest BCUT2D eigenvalue weighted by atomic mass is 10.0. The van der Waals surface area contributed by atoms with E-state index in [-0.39, 0.29) is 6.10 Å². The van der Waals surface area contributed by atoms with Gasteiger partial charge in [0.1, 0.15) is 5.82 Å². The summed E-state index contributed by atoms with van der Waals surface area (Å²) in [4.78, 5) is 9.14. The number of nitrogens with zero attached hydrogens (tertiary/aromatic N) is 3. The van der Waals surface area contributed by atoms with Crippen molar-refractivity contribution in [3.8, 4) is 0 Å². The smallest absolute Gasteiger partial charge is 0.128 e. The number of piperidine rings is 1. The molecule has 3 rings (SSSR count). The first-order chi connectivity index (χ1) is 10.8. The fourth-order valence-electron chi connectivity index (χ4n) is 3.48. The molecule has 0 aromatic carbocycles. The van der Waals surface area contributed by atoms with Crippen LogP contribution >= 0.6 is 0 Å². The molecule has 1 atom stereocenters. The summed E-state index contributed by atoms with van der Waals surface area (Å²) in [7, 11) is 0. The Morgan fingerprint density at radius 3 is 2.64 bits per heavy atom. The number of hydrogen-bond donors (Lipinski definition) is 2. The van der Waals surface area contributed by atoms with Crippen molar-refractivity contribution in [1.82, 2.24) is 15.2 Å². The zero-order valence-corrected chi connectivity index (χ0v) is 13.3. The zero-order chi connectivity index (χ0) is 15.2. The van der Waals surface area contributed by atoms with Crippen LogP contribution in [0.15, 0.2) is 24.4 Å². The van der Waals surface area contributed by atoms with E-state index in [1.807, 2.05) is 18.3 Å². The second-order valence-corrected chi connectivity index (χ2v) is 6.52. The Bertz CT molecular complexity index is 428. The summed E-state index contributed by atoms with van der Waals surface area (Å²) in [6.45, 7) is 5.91. The van der Waals surface area contributed by atoms with Gasteiger partial charge >= 0.3 is 0 Å². The van der Waals surface area contributed by atoms with Crippen LogP contribution in [0.25, 0.3) is 0 Å². The minimum Gasteiger partial charge on any atom is -0.390 e. The van der Waals surface area contributed by atoms with Gasteiger partial charge in [-0.3, -0.25) is 0 Å². The number of anilines is 1. The molecule has 1 aromatic rings. The Labute approximate surface area is 133 Å². The van der Waals surface area contributed by atoms with Crippen LogP contribution in [0.4, 0.5) is 5.82 Å². The van der Waals surface area contributed by atoms with Gasteiger partial charge < -0.3 is 20.2 Å². The fraction of sp³-hybridized carbons (Fsp3) is 0.706. The summed E-state index contributed by atoms with van der Waals surface area (Å²) in [5.41, 5.74) is 0. The monoisotopic (exact) mass is 304 g/mol. The molecular weight excluding hydrogens is 276 g/mol. The maximum absolute atomic E-state index is 10.1. The van der Waals surface area contributed by atoms with Gasteiger partial charge in [0, 0.05) is 38.4 Å². The Kier molecular flexibility index (Phi) is 5.64. The highest BCUT2D eigenvalue weighted by atomic mass is 16.3. The lowest BCUT2D eigenvalue weighted by molar-refractivity contribution is 0.119. The van der Waals surface area contributed by atoms with Crippen molar-refractivity contribution in [3.63, 3.8) is 0 Å². The molecule has 5 heteroatoms. The largest absolute Gasteiger partial charge is 0.390 e. The van der Waals surface area contributed by atoms with E-state index in [1.165, 1.54) is 12.8 Å². The van der Waals surface area contributed by atoms with Gasteiger partial charge in [-0.25, -0.2) is 4.98 Å². The molecule has 0 spiro atoms. The number of aliphatic hydroxyl groups excluding tert-OH is 1. The molecule has 5 nitrogen and oxygen atoms in total. The second kappa shape index (κ2) is 7.90. The highest BCUT2D eigenvalue weighted by molar-refractivity contribution is 5.38. The number of hydrogen-bond acceptors (Lipinski definition) is 5. The first-order valence-electron chi connectivity index (χ1n) is 8.61. The van der Waals surface area contributed by atoms with E-state index in [4.69, 9.17) is 0 Å². The van der Waals surface area contributed by atoms with Gasteiger partial charge in [0.15, 0.2) is 0 Å². The standard InChI is InChI=1S/C17H28N4O/c22-16(14-20-9-3-4-10-20)13-19-15-6-11-21(12-7-15)17-5-1-2-8-18-17/h1-2,5,8,15-16,19,22H,3-4,6-7,9-14H2. The molecule has 0 aliphatic carbocycles. The Morgan fingerprint density at radius 2 is 1.95 bits per heavy atom. The molecule has 2 aliphatic rings. The van der Waals surface area contributed by atoms with Gasteiger partial charge in [-0.05, 0) is 50.9 Å². The van der Waals surface area contributed by atoms with Crippen LogP contribution < -0.4 is 10.2 Å². The van der Waals surface area contributed by atoms with Crippen LogP contribution in [0.5, 0.6) is 0 Å². The van der Waals surface area contributed by atoms with E-state index in [1.54, 1.807) is 0 Å². The highest BCUT2D eigenvalue weighted by Crippen LogP contribution is 2.17. The summed E-state index contributed by atoms with van der Waals surface area (Å²) in [6, 6.07) is 6.60. The van der Waals surface area contributed by atoms with Crippen molar-refractivity contribution in [1.29, 1.82) is 0 Å². The third-order valence-corrected chi connectivity index (χ3v) is 4.78.